The normalized spacial score (nSPS) is 20.4. The van der Waals surface area contributed by atoms with Crippen molar-refractivity contribution in [3.63, 3.8) is 0 Å². The highest BCUT2D eigenvalue weighted by Crippen LogP contribution is 2.21. The lowest BCUT2D eigenvalue weighted by molar-refractivity contribution is -0.120. The molecule has 0 saturated heterocycles. The van der Waals surface area contributed by atoms with Crippen LogP contribution >= 0.6 is 23.2 Å². The maximum absolute atomic E-state index is 11.8. The Hall–Kier alpha value is -1.04. The monoisotopic (exact) mass is 319 g/mol. The number of halogens is 2. The maximum atomic E-state index is 11.8. The van der Waals surface area contributed by atoms with Crippen molar-refractivity contribution in [2.24, 2.45) is 0 Å². The number of hydrogen-bond acceptors (Lipinski definition) is 3. The van der Waals surface area contributed by atoms with E-state index in [1.807, 2.05) is 0 Å². The molecule has 1 unspecified atom stereocenters. The fourth-order valence-electron chi connectivity index (χ4n) is 1.76. The molecule has 19 heavy (non-hydrogen) atoms. The predicted molar refractivity (Wildman–Crippen MR) is 75.0 cm³/mol. The lowest BCUT2D eigenvalue weighted by atomic mass is 10.1. The van der Waals surface area contributed by atoms with Gasteiger partial charge in [-0.15, -0.1) is 0 Å². The van der Waals surface area contributed by atoms with Crippen LogP contribution < -0.4 is 5.32 Å². The molecule has 4 nitrogen and oxygen atoms in total. The standard InChI is InChI=1S/C12H11Cl2NO3S/c13-9-2-1-8(11(14)6-9)5-12(16)15-10-3-4-19(17,18)7-10/h1-4,6,10H,5,7H2,(H,15,16). The van der Waals surface area contributed by atoms with E-state index in [9.17, 15) is 13.2 Å². The second-order valence-corrected chi connectivity index (χ2v) is 7.02. The molecule has 0 fully saturated rings. The van der Waals surface area contributed by atoms with Crippen molar-refractivity contribution in [1.82, 2.24) is 5.32 Å². The smallest absolute Gasteiger partial charge is 0.224 e. The first-order chi connectivity index (χ1) is 8.85. The number of benzene rings is 1. The van der Waals surface area contributed by atoms with Gasteiger partial charge in [0, 0.05) is 15.5 Å². The minimum Gasteiger partial charge on any atom is -0.349 e. The van der Waals surface area contributed by atoms with Crippen LogP contribution in [0.1, 0.15) is 5.56 Å². The molecular formula is C12H11Cl2NO3S. The summed E-state index contributed by atoms with van der Waals surface area (Å²) in [6.45, 7) is 0. The Kier molecular flexibility index (Phi) is 4.18. The third-order valence-corrected chi connectivity index (χ3v) is 4.63. The molecule has 1 N–H and O–H groups in total. The van der Waals surface area contributed by atoms with Gasteiger partial charge in [0.2, 0.25) is 5.91 Å². The van der Waals surface area contributed by atoms with E-state index in [0.29, 0.717) is 15.6 Å². The molecule has 2 rings (SSSR count). The molecule has 1 heterocycles. The van der Waals surface area contributed by atoms with Gasteiger partial charge in [0.1, 0.15) is 0 Å². The van der Waals surface area contributed by atoms with Gasteiger partial charge in [0.15, 0.2) is 9.84 Å². The molecule has 0 aliphatic carbocycles. The number of carbonyl (C=O) groups is 1. The van der Waals surface area contributed by atoms with Crippen LogP contribution in [0.2, 0.25) is 10.0 Å². The minimum absolute atomic E-state index is 0.0837. The highest BCUT2D eigenvalue weighted by molar-refractivity contribution is 7.94. The average molecular weight is 320 g/mol. The Morgan fingerprint density at radius 1 is 1.37 bits per heavy atom. The molecule has 1 aliphatic rings. The van der Waals surface area contributed by atoms with Crippen LogP contribution in [0.5, 0.6) is 0 Å². The number of rotatable bonds is 3. The molecule has 0 spiro atoms. The van der Waals surface area contributed by atoms with Crippen LogP contribution in [-0.4, -0.2) is 26.1 Å². The number of hydrogen-bond donors (Lipinski definition) is 1. The molecule has 1 aliphatic heterocycles. The first-order valence-corrected chi connectivity index (χ1v) is 7.97. The number of carbonyl (C=O) groups excluding carboxylic acids is 1. The summed E-state index contributed by atoms with van der Waals surface area (Å²) in [6.07, 6.45) is 1.55. The summed E-state index contributed by atoms with van der Waals surface area (Å²) < 4.78 is 22.4. The summed E-state index contributed by atoms with van der Waals surface area (Å²) in [5.41, 5.74) is 0.647. The highest BCUT2D eigenvalue weighted by atomic mass is 35.5. The predicted octanol–water partition coefficient (Wildman–Crippen LogP) is 1.96. The van der Waals surface area contributed by atoms with Gasteiger partial charge in [-0.3, -0.25) is 4.79 Å². The SMILES string of the molecule is O=C(Cc1ccc(Cl)cc1Cl)NC1C=CS(=O)(=O)C1. The van der Waals surface area contributed by atoms with Crippen LogP contribution in [-0.2, 0) is 21.1 Å². The van der Waals surface area contributed by atoms with Crippen molar-refractivity contribution in [3.8, 4) is 0 Å². The van der Waals surface area contributed by atoms with Crippen molar-refractivity contribution in [1.29, 1.82) is 0 Å². The maximum Gasteiger partial charge on any atom is 0.224 e. The Morgan fingerprint density at radius 3 is 2.68 bits per heavy atom. The fraction of sp³-hybridized carbons (Fsp3) is 0.250. The summed E-state index contributed by atoms with van der Waals surface area (Å²) in [5, 5.41) is 4.66. The zero-order valence-corrected chi connectivity index (χ0v) is 12.1. The second-order valence-electron chi connectivity index (χ2n) is 4.24. The molecule has 0 saturated carbocycles. The topological polar surface area (TPSA) is 63.2 Å². The third kappa shape index (κ3) is 3.96. The van der Waals surface area contributed by atoms with E-state index in [1.165, 1.54) is 6.08 Å². The van der Waals surface area contributed by atoms with Gasteiger partial charge in [-0.2, -0.15) is 0 Å². The molecule has 1 atom stereocenters. The van der Waals surface area contributed by atoms with Crippen molar-refractivity contribution in [3.05, 3.63) is 45.3 Å². The number of nitrogens with one attached hydrogen (secondary N) is 1. The van der Waals surface area contributed by atoms with E-state index in [1.54, 1.807) is 18.2 Å². The first-order valence-electron chi connectivity index (χ1n) is 5.50. The van der Waals surface area contributed by atoms with Crippen molar-refractivity contribution in [2.45, 2.75) is 12.5 Å². The minimum atomic E-state index is -3.17. The summed E-state index contributed by atoms with van der Waals surface area (Å²) in [5.74, 6) is -0.372. The van der Waals surface area contributed by atoms with Crippen LogP contribution in [0.15, 0.2) is 29.7 Å². The zero-order valence-electron chi connectivity index (χ0n) is 9.77. The highest BCUT2D eigenvalue weighted by Gasteiger charge is 2.23. The number of amides is 1. The first kappa shape index (κ1) is 14.4. The Morgan fingerprint density at radius 2 is 2.11 bits per heavy atom. The fourth-order valence-corrected chi connectivity index (χ4v) is 3.47. The molecule has 1 amide bonds. The van der Waals surface area contributed by atoms with E-state index >= 15 is 0 Å². The Bertz CT molecular complexity index is 640. The molecule has 0 aromatic heterocycles. The molecular weight excluding hydrogens is 309 g/mol. The summed E-state index contributed by atoms with van der Waals surface area (Å²) >= 11 is 11.7. The molecule has 102 valence electrons. The van der Waals surface area contributed by atoms with E-state index in [4.69, 9.17) is 23.2 Å². The van der Waals surface area contributed by atoms with Gasteiger partial charge in [0.05, 0.1) is 18.2 Å². The van der Waals surface area contributed by atoms with Gasteiger partial charge in [-0.05, 0) is 23.8 Å². The van der Waals surface area contributed by atoms with Gasteiger partial charge in [-0.25, -0.2) is 8.42 Å². The van der Waals surface area contributed by atoms with Crippen LogP contribution in [0, 0.1) is 0 Å². The Labute approximate surface area is 121 Å². The van der Waals surface area contributed by atoms with E-state index in [-0.39, 0.29) is 18.1 Å². The average Bonchev–Trinajstić information content (AvgIpc) is 2.62. The van der Waals surface area contributed by atoms with Crippen LogP contribution in [0.3, 0.4) is 0 Å². The summed E-state index contributed by atoms with van der Waals surface area (Å²) in [6, 6.07) is 4.41. The number of sulfone groups is 1. The van der Waals surface area contributed by atoms with Crippen molar-refractivity contribution >= 4 is 38.9 Å². The molecule has 0 bridgehead atoms. The van der Waals surface area contributed by atoms with E-state index < -0.39 is 15.9 Å². The summed E-state index contributed by atoms with van der Waals surface area (Å²) in [7, 11) is -3.17. The van der Waals surface area contributed by atoms with Crippen LogP contribution in [0.25, 0.3) is 0 Å². The van der Waals surface area contributed by atoms with Crippen molar-refractivity contribution < 1.29 is 13.2 Å². The molecule has 1 aromatic carbocycles. The van der Waals surface area contributed by atoms with Gasteiger partial charge in [0.25, 0.3) is 0 Å². The second kappa shape index (κ2) is 5.53. The van der Waals surface area contributed by atoms with Gasteiger partial charge >= 0.3 is 0 Å². The van der Waals surface area contributed by atoms with Gasteiger partial charge < -0.3 is 5.32 Å². The molecule has 7 heteroatoms. The quantitative estimate of drug-likeness (QED) is 0.926. The van der Waals surface area contributed by atoms with E-state index in [2.05, 4.69) is 5.32 Å². The van der Waals surface area contributed by atoms with E-state index in [0.717, 1.165) is 5.41 Å². The largest absolute Gasteiger partial charge is 0.349 e. The zero-order chi connectivity index (χ0) is 14.0. The lowest BCUT2D eigenvalue weighted by Gasteiger charge is -2.10. The van der Waals surface area contributed by atoms with Crippen molar-refractivity contribution in [2.75, 3.05) is 5.75 Å². The lowest BCUT2D eigenvalue weighted by Crippen LogP contribution is -2.36. The van der Waals surface area contributed by atoms with Crippen LogP contribution in [0.4, 0.5) is 0 Å². The summed E-state index contributed by atoms with van der Waals surface area (Å²) in [4.78, 5) is 11.8. The molecule has 0 radical (unpaired) electrons. The van der Waals surface area contributed by atoms with Gasteiger partial charge in [-0.1, -0.05) is 29.3 Å². The third-order valence-electron chi connectivity index (χ3n) is 2.64. The molecule has 1 aromatic rings. The Balaban J connectivity index is 1.97.